The van der Waals surface area contributed by atoms with Gasteiger partial charge in [0.25, 0.3) is 0 Å². The number of aliphatic hydroxyl groups excluding tert-OH is 1. The molecule has 4 unspecified atom stereocenters. The van der Waals surface area contributed by atoms with Gasteiger partial charge in [-0.25, -0.2) is 4.79 Å². The summed E-state index contributed by atoms with van der Waals surface area (Å²) in [7, 11) is 0. The first-order valence-corrected chi connectivity index (χ1v) is 9.99. The molecule has 34 heavy (non-hydrogen) atoms. The Hall–Kier alpha value is -4.04. The first-order chi connectivity index (χ1) is 15.9. The van der Waals surface area contributed by atoms with E-state index in [1.54, 1.807) is 30.3 Å². The number of carbonyl (C=O) groups is 6. The Morgan fingerprint density at radius 1 is 0.794 bits per heavy atom. The summed E-state index contributed by atoms with van der Waals surface area (Å²) >= 11 is 0. The molecule has 14 heteroatoms. The van der Waals surface area contributed by atoms with Gasteiger partial charge in [0.05, 0.1) is 19.4 Å². The molecule has 0 fully saturated rings. The smallest absolute Gasteiger partial charge is 0.326 e. The lowest BCUT2D eigenvalue weighted by atomic mass is 10.0. The van der Waals surface area contributed by atoms with Crippen LogP contribution in [0.3, 0.4) is 0 Å². The summed E-state index contributed by atoms with van der Waals surface area (Å²) < 4.78 is 0. The number of carboxylic acids is 2. The van der Waals surface area contributed by atoms with E-state index in [1.807, 2.05) is 5.32 Å². The van der Waals surface area contributed by atoms with E-state index in [2.05, 4.69) is 10.6 Å². The van der Waals surface area contributed by atoms with Crippen molar-refractivity contribution in [3.05, 3.63) is 35.9 Å². The second-order valence-corrected chi connectivity index (χ2v) is 7.27. The van der Waals surface area contributed by atoms with Crippen LogP contribution in [-0.4, -0.2) is 81.7 Å². The Balaban J connectivity index is 3.09. The van der Waals surface area contributed by atoms with Crippen molar-refractivity contribution in [2.75, 3.05) is 6.61 Å². The molecule has 4 atom stereocenters. The Bertz CT molecular complexity index is 909. The molecule has 14 nitrogen and oxygen atoms in total. The van der Waals surface area contributed by atoms with Crippen LogP contribution in [0.2, 0.25) is 0 Å². The quantitative estimate of drug-likeness (QED) is 0.130. The number of amides is 4. The summed E-state index contributed by atoms with van der Waals surface area (Å²) in [6, 6.07) is 2.29. The van der Waals surface area contributed by atoms with Crippen molar-refractivity contribution in [1.82, 2.24) is 16.0 Å². The zero-order valence-corrected chi connectivity index (χ0v) is 18.0. The molecular weight excluding hydrogens is 454 g/mol. The molecule has 0 saturated heterocycles. The third kappa shape index (κ3) is 9.62. The number of aliphatic carboxylic acids is 2. The zero-order valence-electron chi connectivity index (χ0n) is 18.0. The Labute approximate surface area is 193 Å². The number of rotatable bonds is 14. The molecule has 186 valence electrons. The van der Waals surface area contributed by atoms with E-state index in [0.29, 0.717) is 5.56 Å². The van der Waals surface area contributed by atoms with Crippen LogP contribution in [0.4, 0.5) is 0 Å². The SMILES string of the molecule is NC(=O)CC(NC(=O)C(Cc1ccccc1)NC(=O)C(N)CO)C(=O)NC(CC(=O)O)C(=O)O. The molecule has 1 aromatic carbocycles. The molecule has 0 aromatic heterocycles. The lowest BCUT2D eigenvalue weighted by Gasteiger charge is -2.24. The number of primary amides is 1. The van der Waals surface area contributed by atoms with Crippen LogP contribution in [0.1, 0.15) is 18.4 Å². The van der Waals surface area contributed by atoms with Crippen molar-refractivity contribution in [3.63, 3.8) is 0 Å². The average molecular weight is 481 g/mol. The topological polar surface area (TPSA) is 251 Å². The van der Waals surface area contributed by atoms with E-state index < -0.39 is 79.2 Å². The van der Waals surface area contributed by atoms with Gasteiger partial charge in [-0.3, -0.25) is 24.0 Å². The second-order valence-electron chi connectivity index (χ2n) is 7.27. The van der Waals surface area contributed by atoms with Crippen LogP contribution in [0.15, 0.2) is 30.3 Å². The maximum Gasteiger partial charge on any atom is 0.326 e. The molecule has 0 aliphatic carbocycles. The van der Waals surface area contributed by atoms with Crippen molar-refractivity contribution in [1.29, 1.82) is 0 Å². The minimum absolute atomic E-state index is 0.0573. The summed E-state index contributed by atoms with van der Waals surface area (Å²) in [4.78, 5) is 71.1. The highest BCUT2D eigenvalue weighted by molar-refractivity contribution is 5.96. The Kier molecular flexibility index (Phi) is 11.1. The number of aliphatic hydroxyl groups is 1. The monoisotopic (exact) mass is 481 g/mol. The molecule has 0 spiro atoms. The highest BCUT2D eigenvalue weighted by Gasteiger charge is 2.32. The van der Waals surface area contributed by atoms with Gasteiger partial charge < -0.3 is 42.7 Å². The first-order valence-electron chi connectivity index (χ1n) is 9.99. The zero-order chi connectivity index (χ0) is 25.8. The van der Waals surface area contributed by atoms with E-state index in [-0.39, 0.29) is 6.42 Å². The lowest BCUT2D eigenvalue weighted by molar-refractivity contribution is -0.147. The van der Waals surface area contributed by atoms with Crippen LogP contribution in [-0.2, 0) is 35.2 Å². The van der Waals surface area contributed by atoms with Crippen LogP contribution in [0.25, 0.3) is 0 Å². The van der Waals surface area contributed by atoms with Gasteiger partial charge in [0.15, 0.2) is 0 Å². The molecule has 0 bridgehead atoms. The van der Waals surface area contributed by atoms with Crippen molar-refractivity contribution in [2.45, 2.75) is 43.4 Å². The third-order valence-electron chi connectivity index (χ3n) is 4.48. The molecule has 1 rings (SSSR count). The first kappa shape index (κ1) is 28.0. The molecule has 0 aliphatic rings. The van der Waals surface area contributed by atoms with Gasteiger partial charge in [0, 0.05) is 6.42 Å². The molecule has 0 aliphatic heterocycles. The number of benzene rings is 1. The molecule has 1 aromatic rings. The van der Waals surface area contributed by atoms with Gasteiger partial charge >= 0.3 is 11.9 Å². The van der Waals surface area contributed by atoms with E-state index >= 15 is 0 Å². The number of carboxylic acid groups (broad SMARTS) is 2. The third-order valence-corrected chi connectivity index (χ3v) is 4.48. The Morgan fingerprint density at radius 2 is 1.32 bits per heavy atom. The van der Waals surface area contributed by atoms with Crippen LogP contribution < -0.4 is 27.4 Å². The van der Waals surface area contributed by atoms with E-state index in [9.17, 15) is 28.8 Å². The van der Waals surface area contributed by atoms with Crippen molar-refractivity contribution in [3.8, 4) is 0 Å². The van der Waals surface area contributed by atoms with Crippen molar-refractivity contribution >= 4 is 35.6 Å². The predicted molar refractivity (Wildman–Crippen MR) is 115 cm³/mol. The van der Waals surface area contributed by atoms with Gasteiger partial charge in [-0.15, -0.1) is 0 Å². The maximum absolute atomic E-state index is 12.9. The van der Waals surface area contributed by atoms with Gasteiger partial charge in [0.2, 0.25) is 23.6 Å². The summed E-state index contributed by atoms with van der Waals surface area (Å²) in [6.07, 6.45) is -1.75. The van der Waals surface area contributed by atoms with Crippen molar-refractivity contribution in [2.24, 2.45) is 11.5 Å². The van der Waals surface area contributed by atoms with Gasteiger partial charge in [-0.2, -0.15) is 0 Å². The average Bonchev–Trinajstić information content (AvgIpc) is 2.76. The second kappa shape index (κ2) is 13.5. The highest BCUT2D eigenvalue weighted by atomic mass is 16.4. The van der Waals surface area contributed by atoms with Crippen LogP contribution in [0.5, 0.6) is 0 Å². The summed E-state index contributed by atoms with van der Waals surface area (Å²) in [5, 5.41) is 33.5. The number of carbonyl (C=O) groups excluding carboxylic acids is 4. The molecule has 0 radical (unpaired) electrons. The minimum atomic E-state index is -1.83. The van der Waals surface area contributed by atoms with Gasteiger partial charge in [0.1, 0.15) is 24.2 Å². The van der Waals surface area contributed by atoms with E-state index in [4.69, 9.17) is 26.8 Å². The van der Waals surface area contributed by atoms with Gasteiger partial charge in [-0.05, 0) is 5.56 Å². The van der Waals surface area contributed by atoms with Crippen molar-refractivity contribution < 1.29 is 44.1 Å². The molecule has 0 heterocycles. The van der Waals surface area contributed by atoms with E-state index in [0.717, 1.165) is 0 Å². The standard InChI is InChI=1S/C20H27N5O9/c21-11(9-26)17(30)23-12(6-10-4-2-1-3-5-10)18(31)24-13(7-15(22)27)19(32)25-14(20(33)34)8-16(28)29/h1-5,11-14,26H,6-9,21H2,(H2,22,27)(H,23,30)(H,24,31)(H,25,32)(H,28,29)(H,33,34). The molecule has 0 saturated carbocycles. The van der Waals surface area contributed by atoms with E-state index in [1.165, 1.54) is 0 Å². The largest absolute Gasteiger partial charge is 0.481 e. The lowest BCUT2D eigenvalue weighted by Crippen LogP contribution is -2.58. The number of nitrogens with one attached hydrogen (secondary N) is 3. The summed E-state index contributed by atoms with van der Waals surface area (Å²) in [6.45, 7) is -0.696. The van der Waals surface area contributed by atoms with Crippen LogP contribution in [0, 0.1) is 0 Å². The number of nitrogens with two attached hydrogens (primary N) is 2. The fraction of sp³-hybridized carbons (Fsp3) is 0.400. The Morgan fingerprint density at radius 3 is 1.82 bits per heavy atom. The molecule has 10 N–H and O–H groups in total. The van der Waals surface area contributed by atoms with Crippen LogP contribution >= 0.6 is 0 Å². The highest BCUT2D eigenvalue weighted by Crippen LogP contribution is 2.06. The predicted octanol–water partition coefficient (Wildman–Crippen LogP) is -3.56. The fourth-order valence-corrected chi connectivity index (χ4v) is 2.75. The normalized spacial score (nSPS) is 14.1. The summed E-state index contributed by atoms with van der Waals surface area (Å²) in [5.74, 6) is -7.13. The number of hydrogen-bond donors (Lipinski definition) is 8. The summed E-state index contributed by atoms with van der Waals surface area (Å²) in [5.41, 5.74) is 11.2. The maximum atomic E-state index is 12.9. The van der Waals surface area contributed by atoms with Gasteiger partial charge in [-0.1, -0.05) is 30.3 Å². The molecular formula is C20H27N5O9. The number of hydrogen-bond acceptors (Lipinski definition) is 8. The minimum Gasteiger partial charge on any atom is -0.481 e. The fourth-order valence-electron chi connectivity index (χ4n) is 2.75. The molecule has 4 amide bonds.